The molecule has 15 heteroatoms. The maximum absolute atomic E-state index is 13.6. The van der Waals surface area contributed by atoms with Crippen LogP contribution in [-0.2, 0) is 28.4 Å². The average molecular weight is 697 g/mol. The number of carbonyl (C=O) groups excluding carboxylic acids is 1. The summed E-state index contributed by atoms with van der Waals surface area (Å²) in [5.41, 5.74) is -1.05. The number of carboxylic acids is 1. The minimum absolute atomic E-state index is 0.0306. The fourth-order valence-electron chi connectivity index (χ4n) is 6.56. The molecule has 6 rings (SSSR count). The van der Waals surface area contributed by atoms with Crippen molar-refractivity contribution < 1.29 is 45.8 Å². The summed E-state index contributed by atoms with van der Waals surface area (Å²) in [4.78, 5) is 37.1. The molecule has 1 saturated carbocycles. The molecule has 1 aliphatic carbocycles. The van der Waals surface area contributed by atoms with Crippen molar-refractivity contribution in [2.45, 2.75) is 76.0 Å². The molecule has 0 radical (unpaired) electrons. The number of ether oxygens (including phenoxy) is 1. The van der Waals surface area contributed by atoms with Crippen molar-refractivity contribution >= 4 is 29.6 Å². The predicted octanol–water partition coefficient (Wildman–Crippen LogP) is 8.49. The molecular weight excluding hydrogens is 666 g/mol. The van der Waals surface area contributed by atoms with E-state index in [1.807, 2.05) is 17.0 Å². The average Bonchev–Trinajstić information content (AvgIpc) is 3.28. The summed E-state index contributed by atoms with van der Waals surface area (Å²) in [5, 5.41) is 9.77. The topological polar surface area (TPSA) is 95.9 Å². The van der Waals surface area contributed by atoms with Crippen LogP contribution in [0.2, 0.25) is 5.02 Å². The third kappa shape index (κ3) is 6.76. The molecule has 8 nitrogen and oxygen atoms in total. The lowest BCUT2D eigenvalue weighted by atomic mass is 9.78. The summed E-state index contributed by atoms with van der Waals surface area (Å²) in [7, 11) is 0. The summed E-state index contributed by atoms with van der Waals surface area (Å²) in [5.74, 6) is -0.683. The second kappa shape index (κ2) is 12.8. The zero-order valence-electron chi connectivity index (χ0n) is 25.6. The molecule has 2 atom stereocenters. The van der Waals surface area contributed by atoms with Crippen molar-refractivity contribution in [1.82, 2.24) is 14.9 Å². The fourth-order valence-corrected chi connectivity index (χ4v) is 6.78. The Labute approximate surface area is 276 Å². The first-order chi connectivity index (χ1) is 22.6. The number of hydrogen-bond donors (Lipinski definition) is 1. The molecule has 256 valence electrons. The number of nitrogens with zero attached hydrogens (tertiary/aromatic N) is 4. The third-order valence-corrected chi connectivity index (χ3v) is 9.80. The van der Waals surface area contributed by atoms with Gasteiger partial charge in [0.1, 0.15) is 6.10 Å². The van der Waals surface area contributed by atoms with Crippen molar-refractivity contribution in [3.8, 4) is 11.1 Å². The quantitative estimate of drug-likeness (QED) is 0.248. The second-order valence-corrected chi connectivity index (χ2v) is 12.9. The molecule has 3 aromatic rings. The maximum Gasteiger partial charge on any atom is 0.416 e. The molecule has 0 spiro atoms. The number of halogens is 7. The van der Waals surface area contributed by atoms with E-state index in [1.54, 1.807) is 12.3 Å². The molecule has 3 aliphatic rings. The van der Waals surface area contributed by atoms with Gasteiger partial charge >= 0.3 is 24.4 Å². The fraction of sp³-hybridized carbons (Fsp3) is 0.455. The van der Waals surface area contributed by atoms with Crippen LogP contribution < -0.4 is 4.90 Å². The van der Waals surface area contributed by atoms with E-state index in [4.69, 9.17) is 21.3 Å². The van der Waals surface area contributed by atoms with E-state index in [9.17, 15) is 41.0 Å². The molecule has 48 heavy (non-hydrogen) atoms. The van der Waals surface area contributed by atoms with Gasteiger partial charge in [0.15, 0.2) is 0 Å². The van der Waals surface area contributed by atoms with E-state index in [0.29, 0.717) is 65.6 Å². The van der Waals surface area contributed by atoms with Crippen LogP contribution in [0.3, 0.4) is 0 Å². The number of carboxylic acid groups (broad SMARTS) is 1. The van der Waals surface area contributed by atoms with E-state index in [-0.39, 0.29) is 24.4 Å². The maximum atomic E-state index is 13.6. The van der Waals surface area contributed by atoms with Crippen LogP contribution in [-0.4, -0.2) is 51.2 Å². The summed E-state index contributed by atoms with van der Waals surface area (Å²) >= 11 is 6.69. The lowest BCUT2D eigenvalue weighted by Gasteiger charge is -2.31. The molecule has 1 unspecified atom stereocenters. The molecule has 3 fully saturated rings. The van der Waals surface area contributed by atoms with Gasteiger partial charge in [0.05, 0.1) is 35.3 Å². The Balaban J connectivity index is 1.33. The lowest BCUT2D eigenvalue weighted by Crippen LogP contribution is -2.39. The number of hydrogen-bond acceptors (Lipinski definition) is 6. The highest BCUT2D eigenvalue weighted by Gasteiger charge is 2.44. The summed E-state index contributed by atoms with van der Waals surface area (Å²) in [6.45, 7) is 2.73. The van der Waals surface area contributed by atoms with Gasteiger partial charge in [-0.3, -0.25) is 9.69 Å². The summed E-state index contributed by atoms with van der Waals surface area (Å²) in [6, 6.07) is 5.72. The third-order valence-electron chi connectivity index (χ3n) is 9.47. The molecule has 3 heterocycles. The van der Waals surface area contributed by atoms with Crippen LogP contribution in [0.15, 0.2) is 42.6 Å². The van der Waals surface area contributed by atoms with Gasteiger partial charge in [0.2, 0.25) is 5.95 Å². The van der Waals surface area contributed by atoms with E-state index >= 15 is 0 Å². The minimum Gasteiger partial charge on any atom is -0.481 e. The van der Waals surface area contributed by atoms with E-state index in [0.717, 1.165) is 25.1 Å². The Morgan fingerprint density at radius 2 is 1.60 bits per heavy atom. The highest BCUT2D eigenvalue weighted by molar-refractivity contribution is 6.33. The van der Waals surface area contributed by atoms with Gasteiger partial charge in [-0.25, -0.2) is 14.8 Å². The Bertz CT molecular complexity index is 1690. The highest BCUT2D eigenvalue weighted by atomic mass is 35.5. The van der Waals surface area contributed by atoms with Crippen molar-refractivity contribution in [3.63, 3.8) is 0 Å². The van der Waals surface area contributed by atoms with Crippen LogP contribution in [0.1, 0.15) is 79.0 Å². The van der Waals surface area contributed by atoms with Crippen molar-refractivity contribution in [2.24, 2.45) is 5.92 Å². The molecule has 1 N–H and O–H groups in total. The minimum atomic E-state index is -5.06. The molecule has 1 aromatic heterocycles. The number of aliphatic carboxylic acids is 1. The van der Waals surface area contributed by atoms with Crippen LogP contribution >= 0.6 is 11.6 Å². The van der Waals surface area contributed by atoms with E-state index in [2.05, 4.69) is 4.98 Å². The van der Waals surface area contributed by atoms with Gasteiger partial charge in [0.25, 0.3) is 0 Å². The largest absolute Gasteiger partial charge is 0.481 e. The normalized spacial score (nSPS) is 23.2. The molecule has 0 bridgehead atoms. The van der Waals surface area contributed by atoms with E-state index in [1.165, 1.54) is 11.8 Å². The number of carbonyl (C=O) groups is 2. The second-order valence-electron chi connectivity index (χ2n) is 12.5. The smallest absolute Gasteiger partial charge is 0.416 e. The standard InChI is InChI=1S/C33H31ClF6N4O4/c1-17-28(21-11-22(32(35,36)37)14-23(12-21)33(38,39)40)48-31(47)44(17)16-27-25(15-41-30(42-27)43-9-2-10-43)24-13-20(7-8-26(24)34)18-3-5-19(6-4-18)29(45)46/h7-8,11-15,17-19,28H,2-6,9-10,16H2,1H3,(H,45,46)/t17-,18-,19-,28?/m0/s1. The lowest BCUT2D eigenvalue weighted by molar-refractivity contribution is -0.144. The Hall–Kier alpha value is -4.07. The molecule has 2 saturated heterocycles. The van der Waals surface area contributed by atoms with Gasteiger partial charge in [-0.15, -0.1) is 0 Å². The number of alkyl halides is 6. The SMILES string of the molecule is C[C@H]1C(c2cc(C(F)(F)F)cc(C(F)(F)F)c2)OC(=O)N1Cc1nc(N2CCC2)ncc1-c1cc([C@H]2CC[C@H](C(=O)O)CC2)ccc1Cl. The Morgan fingerprint density at radius 3 is 2.17 bits per heavy atom. The number of amides is 1. The predicted molar refractivity (Wildman–Crippen MR) is 162 cm³/mol. The summed E-state index contributed by atoms with van der Waals surface area (Å²) in [6.07, 6.45) is -7.49. The van der Waals surface area contributed by atoms with Crippen molar-refractivity contribution in [2.75, 3.05) is 18.0 Å². The summed E-state index contributed by atoms with van der Waals surface area (Å²) < 4.78 is 87.0. The zero-order valence-corrected chi connectivity index (χ0v) is 26.4. The van der Waals surface area contributed by atoms with Crippen LogP contribution in [0.5, 0.6) is 0 Å². The van der Waals surface area contributed by atoms with Crippen molar-refractivity contribution in [3.05, 3.63) is 75.6 Å². The monoisotopic (exact) mass is 696 g/mol. The van der Waals surface area contributed by atoms with Gasteiger partial charge in [-0.2, -0.15) is 26.3 Å². The first kappa shape index (κ1) is 33.8. The van der Waals surface area contributed by atoms with Gasteiger partial charge in [-0.1, -0.05) is 17.7 Å². The van der Waals surface area contributed by atoms with Gasteiger partial charge in [0, 0.05) is 35.4 Å². The first-order valence-electron chi connectivity index (χ1n) is 15.5. The zero-order chi connectivity index (χ0) is 34.5. The number of rotatable bonds is 7. The number of anilines is 1. The highest BCUT2D eigenvalue weighted by Crippen LogP contribution is 2.43. The van der Waals surface area contributed by atoms with E-state index < -0.39 is 53.3 Å². The number of aromatic nitrogens is 2. The van der Waals surface area contributed by atoms with Crippen LogP contribution in [0.4, 0.5) is 37.1 Å². The number of benzene rings is 2. The molecule has 2 aliphatic heterocycles. The molecular formula is C33H31ClF6N4O4. The molecule has 2 aromatic carbocycles. The van der Waals surface area contributed by atoms with Gasteiger partial charge < -0.3 is 14.7 Å². The van der Waals surface area contributed by atoms with Crippen LogP contribution in [0, 0.1) is 5.92 Å². The first-order valence-corrected chi connectivity index (χ1v) is 15.9. The Kier molecular flexibility index (Phi) is 8.98. The van der Waals surface area contributed by atoms with Crippen molar-refractivity contribution in [1.29, 1.82) is 0 Å². The molecule has 1 amide bonds. The number of cyclic esters (lactones) is 1. The Morgan fingerprint density at radius 1 is 0.958 bits per heavy atom. The van der Waals surface area contributed by atoms with Gasteiger partial charge in [-0.05, 0) is 86.4 Å². The van der Waals surface area contributed by atoms with Crippen LogP contribution in [0.25, 0.3) is 11.1 Å².